The third kappa shape index (κ3) is 2.53. The lowest BCUT2D eigenvalue weighted by Crippen LogP contribution is -2.32. The monoisotopic (exact) mass is 457 g/mol. The van der Waals surface area contributed by atoms with Crippen LogP contribution in [0, 0.1) is 26.9 Å². The second-order valence-corrected chi connectivity index (χ2v) is 12.2. The van der Waals surface area contributed by atoms with Crippen molar-refractivity contribution in [3.8, 4) is 0 Å². The molecule has 5 heteroatoms. The largest absolute Gasteiger partial charge is 0.455 e. The standard InChI is InChI=1S/C29H31NO4/c1-25(2,3)20-9-11-21(12-10-20)28-16-6-5-15-27(28)17-26(4)18-29(26,24(27)28)34-23(31)19-7-13-22(14-8-19)30(32)33/h6-14,16,24H,5,15,17-18H2,1-4H3/t24-,26-,27?,28-,29+/m0/s1. The zero-order valence-corrected chi connectivity index (χ0v) is 20.3. The molecule has 5 atom stereocenters. The molecule has 0 heterocycles. The predicted molar refractivity (Wildman–Crippen MR) is 130 cm³/mol. The van der Waals surface area contributed by atoms with Gasteiger partial charge in [0.2, 0.25) is 0 Å². The van der Waals surface area contributed by atoms with Crippen LogP contribution in [0.2, 0.25) is 0 Å². The van der Waals surface area contributed by atoms with E-state index in [9.17, 15) is 14.9 Å². The van der Waals surface area contributed by atoms with Crippen molar-refractivity contribution in [2.45, 2.75) is 69.8 Å². The number of hydrogen-bond acceptors (Lipinski definition) is 4. The smallest absolute Gasteiger partial charge is 0.338 e. The molecule has 1 unspecified atom stereocenters. The molecule has 0 saturated heterocycles. The zero-order valence-electron chi connectivity index (χ0n) is 20.3. The topological polar surface area (TPSA) is 69.4 Å². The molecule has 0 bridgehead atoms. The second kappa shape index (κ2) is 6.38. The lowest BCUT2D eigenvalue weighted by Gasteiger charge is -2.31. The molecule has 5 nitrogen and oxygen atoms in total. The molecule has 2 aromatic carbocycles. The number of nitro groups is 1. The summed E-state index contributed by atoms with van der Waals surface area (Å²) in [6, 6.07) is 14.9. The van der Waals surface area contributed by atoms with E-state index in [0.29, 0.717) is 5.56 Å². The maximum Gasteiger partial charge on any atom is 0.338 e. The zero-order chi connectivity index (χ0) is 24.1. The number of carbonyl (C=O) groups excluding carboxylic acids is 1. The Balaban J connectivity index is 1.34. The molecule has 6 rings (SSSR count). The molecule has 2 aromatic rings. The van der Waals surface area contributed by atoms with Crippen LogP contribution in [0.5, 0.6) is 0 Å². The van der Waals surface area contributed by atoms with Crippen LogP contribution < -0.4 is 0 Å². The van der Waals surface area contributed by atoms with Crippen LogP contribution in [0.3, 0.4) is 0 Å². The van der Waals surface area contributed by atoms with Crippen LogP contribution in [-0.2, 0) is 15.6 Å². The summed E-state index contributed by atoms with van der Waals surface area (Å²) in [7, 11) is 0. The molecule has 1 spiro atoms. The summed E-state index contributed by atoms with van der Waals surface area (Å²) in [4.78, 5) is 23.7. The fraction of sp³-hybridized carbons (Fsp3) is 0.483. The molecule has 3 fully saturated rings. The second-order valence-electron chi connectivity index (χ2n) is 12.2. The average Bonchev–Trinajstić information content (AvgIpc) is 3.58. The summed E-state index contributed by atoms with van der Waals surface area (Å²) < 4.78 is 6.38. The molecular weight excluding hydrogens is 426 g/mol. The quantitative estimate of drug-likeness (QED) is 0.227. The van der Waals surface area contributed by atoms with Gasteiger partial charge in [-0.3, -0.25) is 10.1 Å². The first kappa shape index (κ1) is 21.6. The van der Waals surface area contributed by atoms with Crippen molar-refractivity contribution in [3.05, 3.63) is 87.5 Å². The highest BCUT2D eigenvalue weighted by molar-refractivity contribution is 5.90. The number of carbonyl (C=O) groups is 1. The van der Waals surface area contributed by atoms with Gasteiger partial charge in [-0.1, -0.05) is 64.1 Å². The van der Waals surface area contributed by atoms with E-state index in [0.717, 1.165) is 25.7 Å². The minimum Gasteiger partial charge on any atom is -0.455 e. The van der Waals surface area contributed by atoms with Crippen molar-refractivity contribution in [3.63, 3.8) is 0 Å². The Hall–Kier alpha value is -2.95. The van der Waals surface area contributed by atoms with E-state index in [1.54, 1.807) is 0 Å². The number of ether oxygens (including phenoxy) is 1. The Bertz CT molecular complexity index is 1240. The van der Waals surface area contributed by atoms with Gasteiger partial charge in [-0.25, -0.2) is 4.79 Å². The van der Waals surface area contributed by atoms with Crippen LogP contribution in [0.15, 0.2) is 60.7 Å². The van der Waals surface area contributed by atoms with Crippen molar-refractivity contribution in [2.24, 2.45) is 16.7 Å². The summed E-state index contributed by atoms with van der Waals surface area (Å²) in [6.07, 6.45) is 8.88. The van der Waals surface area contributed by atoms with E-state index < -0.39 is 10.5 Å². The van der Waals surface area contributed by atoms with Crippen molar-refractivity contribution in [1.82, 2.24) is 0 Å². The van der Waals surface area contributed by atoms with Crippen molar-refractivity contribution in [2.75, 3.05) is 0 Å². The maximum absolute atomic E-state index is 13.2. The number of nitro benzene ring substituents is 1. The summed E-state index contributed by atoms with van der Waals surface area (Å²) in [6.45, 7) is 8.96. The van der Waals surface area contributed by atoms with Gasteiger partial charge in [0.15, 0.2) is 0 Å². The molecule has 176 valence electrons. The van der Waals surface area contributed by atoms with E-state index in [-0.39, 0.29) is 39.2 Å². The van der Waals surface area contributed by atoms with Gasteiger partial charge in [0.25, 0.3) is 5.69 Å². The molecule has 3 saturated carbocycles. The number of rotatable bonds is 4. The van der Waals surface area contributed by atoms with Crippen molar-refractivity contribution < 1.29 is 14.5 Å². The summed E-state index contributed by atoms with van der Waals surface area (Å²) in [5.41, 5.74) is 2.72. The van der Waals surface area contributed by atoms with E-state index in [1.807, 2.05) is 0 Å². The van der Waals surface area contributed by atoms with Gasteiger partial charge in [-0.15, -0.1) is 0 Å². The first-order valence-electron chi connectivity index (χ1n) is 12.3. The SMILES string of the molecule is CC(C)(C)c1ccc([C@]23C=CCCC24C[C@@]2(C)C[C@@]2(OC(=O)c2ccc([N+](=O)[O-])cc2)[C@@H]43)cc1. The molecule has 4 aliphatic rings. The van der Waals surface area contributed by atoms with Gasteiger partial charge < -0.3 is 4.74 Å². The molecule has 0 aromatic heterocycles. The molecule has 34 heavy (non-hydrogen) atoms. The summed E-state index contributed by atoms with van der Waals surface area (Å²) in [5.74, 6) is -0.0970. The lowest BCUT2D eigenvalue weighted by atomic mass is 9.73. The highest BCUT2D eigenvalue weighted by Crippen LogP contribution is 2.94. The minimum atomic E-state index is -0.469. The highest BCUT2D eigenvalue weighted by atomic mass is 16.6. The fourth-order valence-electron chi connectivity index (χ4n) is 7.85. The first-order valence-corrected chi connectivity index (χ1v) is 12.3. The summed E-state index contributed by atoms with van der Waals surface area (Å²) >= 11 is 0. The van der Waals surface area contributed by atoms with Crippen LogP contribution in [0.4, 0.5) is 5.69 Å². The Morgan fingerprint density at radius 1 is 1.06 bits per heavy atom. The average molecular weight is 458 g/mol. The van der Waals surface area contributed by atoms with Gasteiger partial charge in [0.05, 0.1) is 10.5 Å². The van der Waals surface area contributed by atoms with Gasteiger partial charge in [0.1, 0.15) is 5.60 Å². The number of esters is 1. The number of benzene rings is 2. The minimum absolute atomic E-state index is 0.00807. The van der Waals surface area contributed by atoms with Crippen LogP contribution >= 0.6 is 0 Å². The number of hydrogen-bond donors (Lipinski definition) is 0. The van der Waals surface area contributed by atoms with Crippen LogP contribution in [0.25, 0.3) is 0 Å². The third-order valence-corrected chi connectivity index (χ3v) is 9.42. The predicted octanol–water partition coefficient (Wildman–Crippen LogP) is 6.51. The highest BCUT2D eigenvalue weighted by Gasteiger charge is 2.96. The third-order valence-electron chi connectivity index (χ3n) is 9.42. The van der Waals surface area contributed by atoms with Gasteiger partial charge in [-0.2, -0.15) is 0 Å². The normalized spacial score (nSPS) is 36.8. The Labute approximate surface area is 200 Å². The fourth-order valence-corrected chi connectivity index (χ4v) is 7.85. The van der Waals surface area contributed by atoms with Gasteiger partial charge >= 0.3 is 5.97 Å². The Morgan fingerprint density at radius 2 is 1.74 bits per heavy atom. The molecule has 4 aliphatic carbocycles. The molecule has 0 amide bonds. The number of fused-ring (bicyclic) bond motifs is 3. The van der Waals surface area contributed by atoms with E-state index >= 15 is 0 Å². The van der Waals surface area contributed by atoms with Crippen molar-refractivity contribution in [1.29, 1.82) is 0 Å². The molecule has 0 radical (unpaired) electrons. The van der Waals surface area contributed by atoms with Crippen molar-refractivity contribution >= 4 is 11.7 Å². The van der Waals surface area contributed by atoms with Gasteiger partial charge in [0, 0.05) is 28.9 Å². The number of non-ortho nitro benzene ring substituents is 1. The Kier molecular flexibility index (Phi) is 4.05. The number of nitrogens with zero attached hydrogens (tertiary/aromatic N) is 1. The molecule has 0 N–H and O–H groups in total. The van der Waals surface area contributed by atoms with E-state index in [2.05, 4.69) is 64.1 Å². The Morgan fingerprint density at radius 3 is 2.35 bits per heavy atom. The molecule has 0 aliphatic heterocycles. The lowest BCUT2D eigenvalue weighted by molar-refractivity contribution is -0.384. The number of allylic oxidation sites excluding steroid dienone is 2. The molecular formula is C29H31NO4. The van der Waals surface area contributed by atoms with Crippen LogP contribution in [0.1, 0.15) is 74.9 Å². The van der Waals surface area contributed by atoms with Gasteiger partial charge in [-0.05, 0) is 59.8 Å². The summed E-state index contributed by atoms with van der Waals surface area (Å²) in [5, 5.41) is 11.0. The van der Waals surface area contributed by atoms with E-state index in [4.69, 9.17) is 4.74 Å². The first-order chi connectivity index (χ1) is 16.0. The van der Waals surface area contributed by atoms with E-state index in [1.165, 1.54) is 35.4 Å². The van der Waals surface area contributed by atoms with Crippen LogP contribution in [-0.4, -0.2) is 16.5 Å². The maximum atomic E-state index is 13.2.